The summed E-state index contributed by atoms with van der Waals surface area (Å²) in [5.41, 5.74) is 2.08. The average Bonchev–Trinajstić information content (AvgIpc) is 3.22. The molecule has 156 valence electrons. The molecular weight excluding hydrogens is 383 g/mol. The van der Waals surface area contributed by atoms with Gasteiger partial charge in [-0.15, -0.1) is 0 Å². The van der Waals surface area contributed by atoms with Gasteiger partial charge in [0.2, 0.25) is 11.7 Å². The van der Waals surface area contributed by atoms with E-state index in [9.17, 15) is 9.18 Å². The van der Waals surface area contributed by atoms with Gasteiger partial charge in [0.15, 0.2) is 0 Å². The number of anilines is 1. The number of carbonyl (C=O) groups excluding carboxylic acids is 1. The minimum absolute atomic E-state index is 0.0441. The van der Waals surface area contributed by atoms with Crippen LogP contribution in [0, 0.1) is 11.7 Å². The van der Waals surface area contributed by atoms with Gasteiger partial charge in [-0.25, -0.2) is 4.39 Å². The van der Waals surface area contributed by atoms with Crippen LogP contribution in [0.5, 0.6) is 0 Å². The molecule has 6 nitrogen and oxygen atoms in total. The number of nitrogens with zero attached hydrogens (tertiary/aromatic N) is 4. The maximum atomic E-state index is 13.9. The van der Waals surface area contributed by atoms with Crippen LogP contribution in [-0.4, -0.2) is 48.1 Å². The Labute approximate surface area is 175 Å². The lowest BCUT2D eigenvalue weighted by molar-refractivity contribution is 0.0668. The second kappa shape index (κ2) is 8.65. The Morgan fingerprint density at radius 2 is 1.97 bits per heavy atom. The summed E-state index contributed by atoms with van der Waals surface area (Å²) in [5.74, 6) is 0.635. The molecule has 0 saturated carbocycles. The largest absolute Gasteiger partial charge is 0.378 e. The van der Waals surface area contributed by atoms with Gasteiger partial charge in [-0.05, 0) is 55.2 Å². The summed E-state index contributed by atoms with van der Waals surface area (Å²) < 4.78 is 19.3. The number of carbonyl (C=O) groups is 1. The van der Waals surface area contributed by atoms with E-state index in [2.05, 4.69) is 10.1 Å². The third kappa shape index (κ3) is 4.35. The van der Waals surface area contributed by atoms with Crippen LogP contribution in [0.3, 0.4) is 0 Å². The predicted molar refractivity (Wildman–Crippen MR) is 113 cm³/mol. The Bertz CT molecular complexity index is 1020. The van der Waals surface area contributed by atoms with Gasteiger partial charge in [-0.2, -0.15) is 4.98 Å². The molecule has 3 aromatic rings. The summed E-state index contributed by atoms with van der Waals surface area (Å²) >= 11 is 0. The topological polar surface area (TPSA) is 62.5 Å². The van der Waals surface area contributed by atoms with Gasteiger partial charge in [-0.1, -0.05) is 17.3 Å². The zero-order valence-electron chi connectivity index (χ0n) is 17.2. The highest BCUT2D eigenvalue weighted by Gasteiger charge is 2.26. The molecule has 7 heteroatoms. The molecule has 1 aromatic heterocycles. The number of piperidine rings is 1. The molecule has 4 rings (SSSR count). The number of halogens is 1. The molecule has 1 atom stereocenters. The molecule has 2 heterocycles. The van der Waals surface area contributed by atoms with E-state index in [0.717, 1.165) is 25.1 Å². The van der Waals surface area contributed by atoms with E-state index in [4.69, 9.17) is 4.52 Å². The number of rotatable bonds is 5. The van der Waals surface area contributed by atoms with Gasteiger partial charge in [0, 0.05) is 44.9 Å². The normalized spacial score (nSPS) is 16.5. The lowest BCUT2D eigenvalue weighted by Gasteiger charge is -2.32. The molecule has 0 aliphatic carbocycles. The summed E-state index contributed by atoms with van der Waals surface area (Å²) in [6.07, 6.45) is 2.49. The van der Waals surface area contributed by atoms with E-state index in [1.165, 1.54) is 6.07 Å². The lowest BCUT2D eigenvalue weighted by atomic mass is 9.94. The van der Waals surface area contributed by atoms with Gasteiger partial charge >= 0.3 is 0 Å². The molecule has 1 fully saturated rings. The number of hydrogen-bond donors (Lipinski definition) is 0. The fraction of sp³-hybridized carbons (Fsp3) is 0.348. The van der Waals surface area contributed by atoms with Crippen molar-refractivity contribution in [2.24, 2.45) is 5.92 Å². The summed E-state index contributed by atoms with van der Waals surface area (Å²) in [5, 5.41) is 3.93. The summed E-state index contributed by atoms with van der Waals surface area (Å²) in [6, 6.07) is 14.0. The van der Waals surface area contributed by atoms with E-state index in [-0.39, 0.29) is 23.5 Å². The predicted octanol–water partition coefficient (Wildman–Crippen LogP) is 4.04. The Hall–Kier alpha value is -3.22. The Kier molecular flexibility index (Phi) is 5.79. The van der Waals surface area contributed by atoms with Crippen molar-refractivity contribution in [3.05, 3.63) is 65.8 Å². The molecule has 0 spiro atoms. The highest BCUT2D eigenvalue weighted by molar-refractivity contribution is 5.94. The van der Waals surface area contributed by atoms with E-state index < -0.39 is 0 Å². The third-order valence-corrected chi connectivity index (χ3v) is 5.48. The molecule has 2 aromatic carbocycles. The lowest BCUT2D eigenvalue weighted by Crippen LogP contribution is -2.40. The fourth-order valence-corrected chi connectivity index (χ4v) is 3.84. The highest BCUT2D eigenvalue weighted by Crippen LogP contribution is 2.24. The molecule has 1 aliphatic rings. The van der Waals surface area contributed by atoms with Crippen molar-refractivity contribution >= 4 is 11.6 Å². The zero-order chi connectivity index (χ0) is 21.1. The molecule has 1 amide bonds. The van der Waals surface area contributed by atoms with E-state index in [1.54, 1.807) is 18.2 Å². The number of hydrogen-bond acceptors (Lipinski definition) is 5. The number of benzene rings is 2. The Morgan fingerprint density at radius 3 is 2.70 bits per heavy atom. The first-order chi connectivity index (χ1) is 14.5. The molecule has 1 aliphatic heterocycles. The van der Waals surface area contributed by atoms with Crippen LogP contribution in [0.2, 0.25) is 0 Å². The number of amides is 1. The Balaban J connectivity index is 1.41. The summed E-state index contributed by atoms with van der Waals surface area (Å²) in [7, 11) is 3.95. The van der Waals surface area contributed by atoms with Gasteiger partial charge in [0.05, 0.1) is 5.56 Å². The molecule has 0 N–H and O–H groups in total. The minimum atomic E-state index is -0.375. The Morgan fingerprint density at radius 1 is 1.20 bits per heavy atom. The van der Waals surface area contributed by atoms with Crippen molar-refractivity contribution < 1.29 is 13.7 Å². The third-order valence-electron chi connectivity index (χ3n) is 5.48. The summed E-state index contributed by atoms with van der Waals surface area (Å²) in [6.45, 7) is 1.39. The van der Waals surface area contributed by atoms with Crippen LogP contribution >= 0.6 is 0 Å². The molecule has 30 heavy (non-hydrogen) atoms. The molecule has 0 unspecified atom stereocenters. The quantitative estimate of drug-likeness (QED) is 0.638. The first-order valence-corrected chi connectivity index (χ1v) is 10.2. The molecule has 1 saturated heterocycles. The maximum Gasteiger partial charge on any atom is 0.253 e. The summed E-state index contributed by atoms with van der Waals surface area (Å²) in [4.78, 5) is 21.2. The van der Waals surface area contributed by atoms with Gasteiger partial charge < -0.3 is 14.3 Å². The van der Waals surface area contributed by atoms with Gasteiger partial charge in [-0.3, -0.25) is 4.79 Å². The van der Waals surface area contributed by atoms with Crippen LogP contribution in [0.4, 0.5) is 10.1 Å². The van der Waals surface area contributed by atoms with Crippen molar-refractivity contribution in [3.63, 3.8) is 0 Å². The molecule has 0 radical (unpaired) electrons. The molecular formula is C23H25FN4O2. The smallest absolute Gasteiger partial charge is 0.253 e. The van der Waals surface area contributed by atoms with Crippen molar-refractivity contribution in [2.75, 3.05) is 32.1 Å². The van der Waals surface area contributed by atoms with Crippen molar-refractivity contribution in [3.8, 4) is 11.4 Å². The zero-order valence-corrected chi connectivity index (χ0v) is 17.2. The first-order valence-electron chi connectivity index (χ1n) is 10.2. The number of likely N-dealkylation sites (tertiary alicyclic amines) is 1. The second-order valence-corrected chi connectivity index (χ2v) is 7.90. The van der Waals surface area contributed by atoms with Crippen LogP contribution in [0.1, 0.15) is 29.1 Å². The number of aromatic nitrogens is 2. The van der Waals surface area contributed by atoms with Crippen LogP contribution < -0.4 is 4.90 Å². The minimum Gasteiger partial charge on any atom is -0.378 e. The van der Waals surface area contributed by atoms with E-state index in [1.807, 2.05) is 48.2 Å². The van der Waals surface area contributed by atoms with Crippen molar-refractivity contribution in [1.82, 2.24) is 15.0 Å². The maximum absolute atomic E-state index is 13.9. The van der Waals surface area contributed by atoms with E-state index >= 15 is 0 Å². The van der Waals surface area contributed by atoms with Crippen molar-refractivity contribution in [1.29, 1.82) is 0 Å². The fourth-order valence-electron chi connectivity index (χ4n) is 3.84. The van der Waals surface area contributed by atoms with Crippen LogP contribution in [-0.2, 0) is 6.42 Å². The first kappa shape index (κ1) is 20.1. The van der Waals surface area contributed by atoms with E-state index in [0.29, 0.717) is 30.0 Å². The monoisotopic (exact) mass is 408 g/mol. The average molecular weight is 408 g/mol. The van der Waals surface area contributed by atoms with Crippen LogP contribution in [0.25, 0.3) is 11.4 Å². The highest BCUT2D eigenvalue weighted by atomic mass is 19.1. The SMILES string of the molecule is CN(C)c1ccc(C(=O)N2CCC[C@H](Cc3nc(-c4ccccc4F)no3)C2)cc1. The van der Waals surface area contributed by atoms with Crippen molar-refractivity contribution in [2.45, 2.75) is 19.3 Å². The van der Waals surface area contributed by atoms with Crippen LogP contribution in [0.15, 0.2) is 53.1 Å². The second-order valence-electron chi connectivity index (χ2n) is 7.90. The van der Waals surface area contributed by atoms with Gasteiger partial charge in [0.1, 0.15) is 5.82 Å². The molecule has 0 bridgehead atoms. The van der Waals surface area contributed by atoms with Gasteiger partial charge in [0.25, 0.3) is 5.91 Å². The standard InChI is InChI=1S/C23H25FN4O2/c1-27(2)18-11-9-17(10-12-18)23(29)28-13-5-6-16(15-28)14-21-25-22(26-30-21)19-7-3-4-8-20(19)24/h3-4,7-12,16H,5-6,13-15H2,1-2H3/t16-/m1/s1.